The summed E-state index contributed by atoms with van der Waals surface area (Å²) in [5, 5.41) is 12.3. The van der Waals surface area contributed by atoms with Gasteiger partial charge in [-0.2, -0.15) is 0 Å². The van der Waals surface area contributed by atoms with Crippen molar-refractivity contribution < 1.29 is 19.4 Å². The summed E-state index contributed by atoms with van der Waals surface area (Å²) in [6.07, 6.45) is 3.04. The summed E-state index contributed by atoms with van der Waals surface area (Å²) in [5.74, 6) is -1.07. The van der Waals surface area contributed by atoms with Crippen molar-refractivity contribution in [2.45, 2.75) is 58.1 Å². The highest BCUT2D eigenvalue weighted by molar-refractivity contribution is 5.90. The number of carbonyl (C=O) groups is 2. The van der Waals surface area contributed by atoms with E-state index < -0.39 is 16.9 Å². The topological polar surface area (TPSA) is 75.6 Å². The van der Waals surface area contributed by atoms with E-state index in [1.165, 1.54) is 0 Å². The molecule has 19 heavy (non-hydrogen) atoms. The van der Waals surface area contributed by atoms with Crippen LogP contribution in [0.3, 0.4) is 0 Å². The minimum absolute atomic E-state index is 0.00170. The second kappa shape index (κ2) is 4.78. The second-order valence-electron chi connectivity index (χ2n) is 6.20. The van der Waals surface area contributed by atoms with E-state index in [1.807, 2.05) is 20.8 Å². The molecule has 5 nitrogen and oxygen atoms in total. The number of hydrogen-bond donors (Lipinski definition) is 2. The van der Waals surface area contributed by atoms with E-state index >= 15 is 0 Å². The molecular formula is C14H23NO4. The Morgan fingerprint density at radius 1 is 1.37 bits per heavy atom. The predicted molar refractivity (Wildman–Crippen MR) is 69.7 cm³/mol. The Hall–Kier alpha value is -1.10. The quantitative estimate of drug-likeness (QED) is 0.794. The lowest BCUT2D eigenvalue weighted by Crippen LogP contribution is -2.76. The van der Waals surface area contributed by atoms with Crippen molar-refractivity contribution in [3.8, 4) is 0 Å². The van der Waals surface area contributed by atoms with Gasteiger partial charge in [-0.1, -0.05) is 20.3 Å². The minimum Gasteiger partial charge on any atom is -0.479 e. The number of rotatable bonds is 5. The van der Waals surface area contributed by atoms with Gasteiger partial charge in [0.1, 0.15) is 5.54 Å². The molecule has 0 aliphatic heterocycles. The van der Waals surface area contributed by atoms with Crippen LogP contribution in [0.25, 0.3) is 0 Å². The number of nitrogens with one attached hydrogen (secondary N) is 1. The maximum Gasteiger partial charge on any atom is 0.330 e. The highest BCUT2D eigenvalue weighted by atomic mass is 16.5. The Morgan fingerprint density at radius 3 is 2.37 bits per heavy atom. The standard InChI is InChI=1S/C14H23NO4/c1-4-19-10-8-14(12(17)18,13(10,2)3)15-11(16)9-6-5-7-9/h9-10H,4-8H2,1-3H3,(H,15,16)(H,17,18). The van der Waals surface area contributed by atoms with Crippen molar-refractivity contribution in [2.24, 2.45) is 11.3 Å². The summed E-state index contributed by atoms with van der Waals surface area (Å²) in [6.45, 7) is 6.15. The molecule has 0 aromatic carbocycles. The van der Waals surface area contributed by atoms with Crippen LogP contribution >= 0.6 is 0 Å². The lowest BCUT2D eigenvalue weighted by Gasteiger charge is -2.58. The SMILES string of the molecule is CCOC1CC(NC(=O)C2CCC2)(C(=O)O)C1(C)C. The van der Waals surface area contributed by atoms with Crippen LogP contribution in [-0.4, -0.2) is 35.2 Å². The molecule has 0 heterocycles. The number of ether oxygens (including phenoxy) is 1. The maximum absolute atomic E-state index is 12.1. The van der Waals surface area contributed by atoms with Gasteiger partial charge in [0.05, 0.1) is 6.10 Å². The minimum atomic E-state index is -1.18. The predicted octanol–water partition coefficient (Wildman–Crippen LogP) is 1.56. The molecule has 2 aliphatic carbocycles. The van der Waals surface area contributed by atoms with E-state index in [0.29, 0.717) is 13.0 Å². The van der Waals surface area contributed by atoms with E-state index in [9.17, 15) is 14.7 Å². The van der Waals surface area contributed by atoms with Crippen LogP contribution in [0.1, 0.15) is 46.5 Å². The van der Waals surface area contributed by atoms with Gasteiger partial charge in [0.25, 0.3) is 0 Å². The molecule has 2 fully saturated rings. The van der Waals surface area contributed by atoms with E-state index in [4.69, 9.17) is 4.74 Å². The van der Waals surface area contributed by atoms with E-state index in [0.717, 1.165) is 19.3 Å². The zero-order valence-corrected chi connectivity index (χ0v) is 11.9. The van der Waals surface area contributed by atoms with Crippen LogP contribution in [0, 0.1) is 11.3 Å². The fraction of sp³-hybridized carbons (Fsp3) is 0.857. The molecule has 1 amide bonds. The molecule has 0 bridgehead atoms. The third-order valence-corrected chi connectivity index (χ3v) is 4.94. The first kappa shape index (κ1) is 14.3. The monoisotopic (exact) mass is 269 g/mol. The molecule has 2 saturated carbocycles. The van der Waals surface area contributed by atoms with Gasteiger partial charge in [0, 0.05) is 24.4 Å². The molecule has 108 valence electrons. The third-order valence-electron chi connectivity index (χ3n) is 4.94. The number of carboxylic acid groups (broad SMARTS) is 1. The molecule has 2 rings (SSSR count). The normalized spacial score (nSPS) is 33.1. The third kappa shape index (κ3) is 2.04. The first-order chi connectivity index (χ1) is 8.85. The van der Waals surface area contributed by atoms with Gasteiger partial charge < -0.3 is 15.2 Å². The Morgan fingerprint density at radius 2 is 2.00 bits per heavy atom. The second-order valence-corrected chi connectivity index (χ2v) is 6.20. The first-order valence-electron chi connectivity index (χ1n) is 7.02. The zero-order chi connectivity index (χ0) is 14.3. The molecular weight excluding hydrogens is 246 g/mol. The molecule has 2 N–H and O–H groups in total. The van der Waals surface area contributed by atoms with Gasteiger partial charge in [-0.3, -0.25) is 4.79 Å². The van der Waals surface area contributed by atoms with Gasteiger partial charge in [-0.25, -0.2) is 4.79 Å². The molecule has 0 saturated heterocycles. The van der Waals surface area contributed by atoms with Crippen molar-refractivity contribution in [2.75, 3.05) is 6.61 Å². The van der Waals surface area contributed by atoms with Gasteiger partial charge >= 0.3 is 5.97 Å². The fourth-order valence-electron chi connectivity index (χ4n) is 3.02. The van der Waals surface area contributed by atoms with Crippen LogP contribution in [0.4, 0.5) is 0 Å². The fourth-order valence-corrected chi connectivity index (χ4v) is 3.02. The van der Waals surface area contributed by atoms with Crippen LogP contribution in [0.2, 0.25) is 0 Å². The lowest BCUT2D eigenvalue weighted by atomic mass is 9.54. The van der Waals surface area contributed by atoms with Gasteiger partial charge in [-0.15, -0.1) is 0 Å². The summed E-state index contributed by atoms with van der Waals surface area (Å²) in [4.78, 5) is 23.7. The number of aliphatic carboxylic acids is 1. The summed E-state index contributed by atoms with van der Waals surface area (Å²) < 4.78 is 5.57. The Balaban J connectivity index is 2.11. The average molecular weight is 269 g/mol. The molecule has 0 spiro atoms. The smallest absolute Gasteiger partial charge is 0.330 e. The highest BCUT2D eigenvalue weighted by Crippen LogP contribution is 2.51. The summed E-state index contributed by atoms with van der Waals surface area (Å²) in [7, 11) is 0. The lowest BCUT2D eigenvalue weighted by molar-refractivity contribution is -0.195. The van der Waals surface area contributed by atoms with Crippen molar-refractivity contribution in [1.82, 2.24) is 5.32 Å². The van der Waals surface area contributed by atoms with E-state index in [1.54, 1.807) is 0 Å². The van der Waals surface area contributed by atoms with Crippen molar-refractivity contribution >= 4 is 11.9 Å². The number of carboxylic acids is 1. The molecule has 0 aromatic heterocycles. The van der Waals surface area contributed by atoms with Crippen LogP contribution in [0.5, 0.6) is 0 Å². The molecule has 0 aromatic rings. The first-order valence-corrected chi connectivity index (χ1v) is 7.02. The van der Waals surface area contributed by atoms with Gasteiger partial charge in [0.2, 0.25) is 5.91 Å². The van der Waals surface area contributed by atoms with Crippen molar-refractivity contribution in [3.63, 3.8) is 0 Å². The van der Waals surface area contributed by atoms with Crippen LogP contribution in [0.15, 0.2) is 0 Å². The zero-order valence-electron chi connectivity index (χ0n) is 11.9. The van der Waals surface area contributed by atoms with Crippen LogP contribution in [-0.2, 0) is 14.3 Å². The Bertz CT molecular complexity index is 389. The molecule has 0 radical (unpaired) electrons. The summed E-state index contributed by atoms with van der Waals surface area (Å²) >= 11 is 0. The molecule has 2 unspecified atom stereocenters. The van der Waals surface area contributed by atoms with Crippen LogP contribution < -0.4 is 5.32 Å². The Labute approximate surface area is 113 Å². The van der Waals surface area contributed by atoms with Crippen molar-refractivity contribution in [3.05, 3.63) is 0 Å². The average Bonchev–Trinajstić information content (AvgIpc) is 2.24. The number of amides is 1. The Kier molecular flexibility index (Phi) is 3.60. The maximum atomic E-state index is 12.1. The molecule has 2 atom stereocenters. The number of carbonyl (C=O) groups excluding carboxylic acids is 1. The highest BCUT2D eigenvalue weighted by Gasteiger charge is 2.66. The largest absolute Gasteiger partial charge is 0.479 e. The summed E-state index contributed by atoms with van der Waals surface area (Å²) in [5.41, 5.74) is -1.77. The molecule has 5 heteroatoms. The van der Waals surface area contributed by atoms with Gasteiger partial charge in [-0.05, 0) is 19.8 Å². The number of hydrogen-bond acceptors (Lipinski definition) is 3. The van der Waals surface area contributed by atoms with Gasteiger partial charge in [0.15, 0.2) is 0 Å². The van der Waals surface area contributed by atoms with E-state index in [-0.39, 0.29) is 17.9 Å². The molecule has 2 aliphatic rings. The van der Waals surface area contributed by atoms with Crippen molar-refractivity contribution in [1.29, 1.82) is 0 Å². The van der Waals surface area contributed by atoms with E-state index in [2.05, 4.69) is 5.32 Å². The summed E-state index contributed by atoms with van der Waals surface area (Å²) in [6, 6.07) is 0.